The molecule has 0 unspecified atom stereocenters. The second-order valence-electron chi connectivity index (χ2n) is 8.68. The molecule has 0 saturated carbocycles. The van der Waals surface area contributed by atoms with Crippen LogP contribution in [0.15, 0.2) is 0 Å². The van der Waals surface area contributed by atoms with Gasteiger partial charge in [-0.3, -0.25) is 0 Å². The fourth-order valence-electron chi connectivity index (χ4n) is 4.20. The molecule has 15 heteroatoms. The minimum Gasteiger partial charge on any atom is -0.388 e. The van der Waals surface area contributed by atoms with Crippen molar-refractivity contribution in [3.05, 3.63) is 0 Å². The van der Waals surface area contributed by atoms with E-state index in [2.05, 4.69) is 0 Å². The van der Waals surface area contributed by atoms with Crippen LogP contribution in [0, 0.1) is 0 Å². The Morgan fingerprint density at radius 1 is 0.636 bits per heavy atom. The van der Waals surface area contributed by atoms with Crippen LogP contribution in [0.3, 0.4) is 0 Å². The summed E-state index contributed by atoms with van der Waals surface area (Å²) in [6, 6.07) is -3.23. The highest BCUT2D eigenvalue weighted by Gasteiger charge is 2.52. The predicted octanol–water partition coefficient (Wildman–Crippen LogP) is -6.71. The Morgan fingerprint density at radius 2 is 1.21 bits per heavy atom. The quantitative estimate of drug-likeness (QED) is 0.168. The minimum absolute atomic E-state index is 0.128. The van der Waals surface area contributed by atoms with E-state index in [-0.39, 0.29) is 13.1 Å². The van der Waals surface area contributed by atoms with Crippen molar-refractivity contribution < 1.29 is 49.2 Å². The molecular formula is C18H37N5O10. The van der Waals surface area contributed by atoms with E-state index < -0.39 is 91.9 Å². The van der Waals surface area contributed by atoms with Gasteiger partial charge >= 0.3 is 0 Å². The van der Waals surface area contributed by atoms with Crippen molar-refractivity contribution in [2.24, 2.45) is 28.7 Å². The van der Waals surface area contributed by atoms with Crippen LogP contribution in [-0.4, -0.2) is 131 Å². The Labute approximate surface area is 190 Å². The standard InChI is InChI=1S/C18H37N5O10/c1-4-7(21)11(25)13(27)18(29-4)32-14-6(3-20)30-16(28)9(23)15(14)33-17-8(22)12(26)10(24)5(2-19)31-17/h4-18,24-28H,2-3,19-23H2,1H3/t4-,5-,6-,7-,8-,9-,10-,11+,12-,13-,14-,15-,16-,17-,18+/m1/s1. The Morgan fingerprint density at radius 3 is 1.82 bits per heavy atom. The molecule has 0 radical (unpaired) electrons. The molecule has 15 atom stereocenters. The lowest BCUT2D eigenvalue weighted by Gasteiger charge is -2.49. The molecule has 3 heterocycles. The molecule has 3 aliphatic heterocycles. The van der Waals surface area contributed by atoms with Gasteiger partial charge < -0.3 is 77.9 Å². The van der Waals surface area contributed by atoms with Crippen LogP contribution in [0.2, 0.25) is 0 Å². The minimum atomic E-state index is -1.51. The lowest BCUT2D eigenvalue weighted by Crippen LogP contribution is -2.70. The highest BCUT2D eigenvalue weighted by molar-refractivity contribution is 4.99. The molecule has 0 aromatic rings. The summed E-state index contributed by atoms with van der Waals surface area (Å²) in [4.78, 5) is 0. The molecule has 3 aliphatic rings. The van der Waals surface area contributed by atoms with E-state index in [1.54, 1.807) is 6.92 Å². The van der Waals surface area contributed by atoms with Gasteiger partial charge in [0.1, 0.15) is 48.8 Å². The molecule has 0 aromatic heterocycles. The third kappa shape index (κ3) is 5.32. The molecule has 3 rings (SSSR count). The fourth-order valence-corrected chi connectivity index (χ4v) is 4.20. The normalized spacial score (nSPS) is 53.7. The lowest BCUT2D eigenvalue weighted by atomic mass is 9.94. The van der Waals surface area contributed by atoms with E-state index in [4.69, 9.17) is 52.4 Å². The summed E-state index contributed by atoms with van der Waals surface area (Å²) < 4.78 is 28.5. The van der Waals surface area contributed by atoms with Crippen LogP contribution in [-0.2, 0) is 23.7 Å². The third-order valence-electron chi connectivity index (χ3n) is 6.42. The second kappa shape index (κ2) is 11.0. The van der Waals surface area contributed by atoms with Crippen LogP contribution < -0.4 is 28.7 Å². The van der Waals surface area contributed by atoms with Gasteiger partial charge in [-0.2, -0.15) is 0 Å². The van der Waals surface area contributed by atoms with E-state index in [0.29, 0.717) is 0 Å². The maximum absolute atomic E-state index is 10.4. The van der Waals surface area contributed by atoms with Crippen molar-refractivity contribution in [1.82, 2.24) is 0 Å². The SMILES string of the molecule is C[C@H]1O[C@@H](O[C@H]2[C@H](O[C@H]3O[C@H](CN)[C@@H](O)[C@H](O)[C@H]3N)[C@@H](N)[C@H](O)O[C@@H]2CN)[C@H](O)[C@@H](O)[C@@H]1N. The highest BCUT2D eigenvalue weighted by atomic mass is 16.7. The van der Waals surface area contributed by atoms with Crippen molar-refractivity contribution in [2.45, 2.75) is 98.9 Å². The average Bonchev–Trinajstić information content (AvgIpc) is 2.80. The fraction of sp³-hybridized carbons (Fsp3) is 1.00. The Hall–Kier alpha value is -0.600. The van der Waals surface area contributed by atoms with Crippen LogP contribution >= 0.6 is 0 Å². The van der Waals surface area contributed by atoms with Crippen LogP contribution in [0.1, 0.15) is 6.92 Å². The maximum Gasteiger partial charge on any atom is 0.187 e. The largest absolute Gasteiger partial charge is 0.388 e. The molecule has 0 aliphatic carbocycles. The van der Waals surface area contributed by atoms with E-state index >= 15 is 0 Å². The predicted molar refractivity (Wildman–Crippen MR) is 110 cm³/mol. The van der Waals surface area contributed by atoms with Crippen LogP contribution in [0.4, 0.5) is 0 Å². The second-order valence-corrected chi connectivity index (χ2v) is 8.68. The van der Waals surface area contributed by atoms with Gasteiger partial charge in [-0.25, -0.2) is 0 Å². The summed E-state index contributed by atoms with van der Waals surface area (Å²) in [7, 11) is 0. The molecule has 0 spiro atoms. The zero-order valence-electron chi connectivity index (χ0n) is 18.2. The molecule has 3 saturated heterocycles. The number of aliphatic hydroxyl groups excluding tert-OH is 5. The number of hydrogen-bond donors (Lipinski definition) is 10. The summed E-state index contributed by atoms with van der Waals surface area (Å²) in [5, 5.41) is 51.3. The molecule has 0 aromatic carbocycles. The Kier molecular flexibility index (Phi) is 8.99. The monoisotopic (exact) mass is 483 g/mol. The van der Waals surface area contributed by atoms with Crippen molar-refractivity contribution in [1.29, 1.82) is 0 Å². The lowest BCUT2D eigenvalue weighted by molar-refractivity contribution is -0.351. The van der Waals surface area contributed by atoms with Gasteiger partial charge in [-0.05, 0) is 6.92 Å². The van der Waals surface area contributed by atoms with Gasteiger partial charge in [0, 0.05) is 13.1 Å². The van der Waals surface area contributed by atoms with Gasteiger partial charge in [0.15, 0.2) is 18.9 Å². The van der Waals surface area contributed by atoms with Crippen molar-refractivity contribution in [2.75, 3.05) is 13.1 Å². The van der Waals surface area contributed by atoms with Gasteiger partial charge in [0.2, 0.25) is 0 Å². The first-order valence-electron chi connectivity index (χ1n) is 10.9. The van der Waals surface area contributed by atoms with E-state index in [1.165, 1.54) is 0 Å². The number of rotatable bonds is 6. The summed E-state index contributed by atoms with van der Waals surface area (Å²) in [5.74, 6) is 0. The summed E-state index contributed by atoms with van der Waals surface area (Å²) in [6.45, 7) is 1.34. The first kappa shape index (κ1) is 27.0. The molecule has 3 fully saturated rings. The Bertz CT molecular complexity index is 637. The van der Waals surface area contributed by atoms with Gasteiger partial charge in [-0.15, -0.1) is 0 Å². The summed E-state index contributed by atoms with van der Waals surface area (Å²) in [5.41, 5.74) is 29.3. The van der Waals surface area contributed by atoms with E-state index in [9.17, 15) is 25.5 Å². The topological polar surface area (TPSA) is 277 Å². The van der Waals surface area contributed by atoms with Gasteiger partial charge in [0.25, 0.3) is 0 Å². The van der Waals surface area contributed by atoms with Crippen molar-refractivity contribution >= 4 is 0 Å². The van der Waals surface area contributed by atoms with Gasteiger partial charge in [0.05, 0.1) is 24.2 Å². The molecule has 33 heavy (non-hydrogen) atoms. The first-order chi connectivity index (χ1) is 15.5. The van der Waals surface area contributed by atoms with Crippen LogP contribution in [0.5, 0.6) is 0 Å². The van der Waals surface area contributed by atoms with E-state index in [0.717, 1.165) is 0 Å². The molecule has 0 amide bonds. The number of aliphatic hydroxyl groups is 5. The summed E-state index contributed by atoms with van der Waals surface area (Å²) >= 11 is 0. The van der Waals surface area contributed by atoms with Crippen molar-refractivity contribution in [3.63, 3.8) is 0 Å². The highest BCUT2D eigenvalue weighted by Crippen LogP contribution is 2.31. The molecule has 0 bridgehead atoms. The maximum atomic E-state index is 10.4. The first-order valence-corrected chi connectivity index (χ1v) is 10.9. The van der Waals surface area contributed by atoms with Crippen LogP contribution in [0.25, 0.3) is 0 Å². The number of hydrogen-bond acceptors (Lipinski definition) is 15. The zero-order chi connectivity index (χ0) is 24.6. The van der Waals surface area contributed by atoms with Gasteiger partial charge in [-0.1, -0.05) is 0 Å². The number of ether oxygens (including phenoxy) is 5. The summed E-state index contributed by atoms with van der Waals surface area (Å²) in [6.07, 6.45) is -14.7. The number of nitrogens with two attached hydrogens (primary N) is 5. The third-order valence-corrected chi connectivity index (χ3v) is 6.42. The van der Waals surface area contributed by atoms with E-state index in [1.807, 2.05) is 0 Å². The molecule has 15 N–H and O–H groups in total. The van der Waals surface area contributed by atoms with Crippen molar-refractivity contribution in [3.8, 4) is 0 Å². The molecule has 194 valence electrons. The average molecular weight is 484 g/mol. The molecule has 15 nitrogen and oxygen atoms in total. The Balaban J connectivity index is 1.83. The zero-order valence-corrected chi connectivity index (χ0v) is 18.2. The smallest absolute Gasteiger partial charge is 0.187 e. The molecular weight excluding hydrogens is 446 g/mol.